The first kappa shape index (κ1) is 21.5. The Morgan fingerprint density at radius 3 is 2.45 bits per heavy atom. The van der Waals surface area contributed by atoms with Gasteiger partial charge in [-0.2, -0.15) is 0 Å². The molecule has 6 heteroatoms. The number of rotatable bonds is 5. The van der Waals surface area contributed by atoms with Crippen molar-refractivity contribution in [2.45, 2.75) is 24.6 Å². The SMILES string of the molecule is Cc1cccc(N2C(=O)CSC2c2ccc(NC(=O)C(Cl)c3ccccc3)cc2)c1C. The molecule has 0 aliphatic carbocycles. The molecule has 0 aromatic heterocycles. The first-order valence-electron chi connectivity index (χ1n) is 10.1. The van der Waals surface area contributed by atoms with Crippen LogP contribution >= 0.6 is 23.4 Å². The summed E-state index contributed by atoms with van der Waals surface area (Å²) in [5.74, 6) is 0.276. The number of aryl methyl sites for hydroxylation is 1. The van der Waals surface area contributed by atoms with Crippen LogP contribution in [0.3, 0.4) is 0 Å². The zero-order chi connectivity index (χ0) is 22.0. The maximum Gasteiger partial charge on any atom is 0.246 e. The quantitative estimate of drug-likeness (QED) is 0.485. The third-order valence-corrected chi connectivity index (χ3v) is 7.15. The molecule has 1 saturated heterocycles. The molecule has 0 radical (unpaired) electrons. The van der Waals surface area contributed by atoms with Crippen molar-refractivity contribution in [1.82, 2.24) is 0 Å². The van der Waals surface area contributed by atoms with Gasteiger partial charge in [0.1, 0.15) is 10.8 Å². The molecule has 1 N–H and O–H groups in total. The summed E-state index contributed by atoms with van der Waals surface area (Å²) < 4.78 is 0. The molecule has 1 aliphatic rings. The Morgan fingerprint density at radius 2 is 1.74 bits per heavy atom. The minimum atomic E-state index is -0.760. The zero-order valence-corrected chi connectivity index (χ0v) is 18.9. The summed E-state index contributed by atoms with van der Waals surface area (Å²) in [5, 5.41) is 2.01. The van der Waals surface area contributed by atoms with Crippen LogP contribution in [0.5, 0.6) is 0 Å². The van der Waals surface area contributed by atoms with Crippen LogP contribution in [0, 0.1) is 13.8 Å². The van der Waals surface area contributed by atoms with Crippen molar-refractivity contribution >= 4 is 46.6 Å². The number of halogens is 1. The number of anilines is 2. The Kier molecular flexibility index (Phi) is 6.35. The van der Waals surface area contributed by atoms with E-state index in [9.17, 15) is 9.59 Å². The van der Waals surface area contributed by atoms with Gasteiger partial charge in [0.25, 0.3) is 0 Å². The molecule has 3 aromatic carbocycles. The van der Waals surface area contributed by atoms with Crippen molar-refractivity contribution in [3.05, 3.63) is 95.1 Å². The van der Waals surface area contributed by atoms with E-state index in [2.05, 4.69) is 18.3 Å². The molecule has 4 rings (SSSR count). The van der Waals surface area contributed by atoms with E-state index in [0.29, 0.717) is 11.4 Å². The van der Waals surface area contributed by atoms with Gasteiger partial charge < -0.3 is 5.32 Å². The van der Waals surface area contributed by atoms with Crippen molar-refractivity contribution in [2.24, 2.45) is 0 Å². The Labute approximate surface area is 191 Å². The lowest BCUT2D eigenvalue weighted by Crippen LogP contribution is -2.28. The number of hydrogen-bond donors (Lipinski definition) is 1. The summed E-state index contributed by atoms with van der Waals surface area (Å²) in [7, 11) is 0. The van der Waals surface area contributed by atoms with Crippen LogP contribution in [-0.4, -0.2) is 17.6 Å². The highest BCUT2D eigenvalue weighted by Crippen LogP contribution is 2.43. The summed E-state index contributed by atoms with van der Waals surface area (Å²) in [4.78, 5) is 27.1. The molecule has 158 valence electrons. The normalized spacial score (nSPS) is 16.9. The van der Waals surface area contributed by atoms with Gasteiger partial charge >= 0.3 is 0 Å². The highest BCUT2D eigenvalue weighted by atomic mass is 35.5. The van der Waals surface area contributed by atoms with E-state index in [1.165, 1.54) is 0 Å². The number of amides is 2. The Balaban J connectivity index is 1.51. The molecule has 2 unspecified atom stereocenters. The number of thioether (sulfide) groups is 1. The molecule has 2 atom stereocenters. The van der Waals surface area contributed by atoms with Crippen LogP contribution in [0.2, 0.25) is 0 Å². The maximum absolute atomic E-state index is 12.7. The third kappa shape index (κ3) is 4.48. The van der Waals surface area contributed by atoms with Gasteiger partial charge in [-0.1, -0.05) is 54.6 Å². The molecule has 0 spiro atoms. The molecule has 1 aliphatic heterocycles. The van der Waals surface area contributed by atoms with E-state index in [1.54, 1.807) is 11.8 Å². The number of alkyl halides is 1. The average molecular weight is 451 g/mol. The molecule has 4 nitrogen and oxygen atoms in total. The van der Waals surface area contributed by atoms with Crippen molar-refractivity contribution in [2.75, 3.05) is 16.0 Å². The van der Waals surface area contributed by atoms with Crippen molar-refractivity contribution in [1.29, 1.82) is 0 Å². The fourth-order valence-electron chi connectivity index (χ4n) is 3.64. The zero-order valence-electron chi connectivity index (χ0n) is 17.3. The topological polar surface area (TPSA) is 49.4 Å². The van der Waals surface area contributed by atoms with Gasteiger partial charge in [0, 0.05) is 11.4 Å². The fourth-order valence-corrected chi connectivity index (χ4v) is 5.01. The van der Waals surface area contributed by atoms with Gasteiger partial charge in [-0.25, -0.2) is 0 Å². The maximum atomic E-state index is 12.7. The lowest BCUT2D eigenvalue weighted by Gasteiger charge is -2.26. The molecule has 0 saturated carbocycles. The lowest BCUT2D eigenvalue weighted by molar-refractivity contribution is -0.116. The van der Waals surface area contributed by atoms with Crippen LogP contribution in [0.15, 0.2) is 72.8 Å². The monoisotopic (exact) mass is 450 g/mol. The number of benzene rings is 3. The highest BCUT2D eigenvalue weighted by molar-refractivity contribution is 8.00. The molecule has 2 amide bonds. The van der Waals surface area contributed by atoms with Crippen LogP contribution in [0.1, 0.15) is 33.0 Å². The standard InChI is InChI=1S/C25H23ClN2O2S/c1-16-7-6-10-21(17(16)2)28-22(29)15-31-25(28)19-11-13-20(14-12-19)27-24(30)23(26)18-8-4-3-5-9-18/h3-14,23,25H,15H2,1-2H3,(H,27,30). The van der Waals surface area contributed by atoms with Crippen LogP contribution in [0.4, 0.5) is 11.4 Å². The average Bonchev–Trinajstić information content (AvgIpc) is 3.17. The minimum absolute atomic E-state index is 0.0946. The smallest absolute Gasteiger partial charge is 0.246 e. The van der Waals surface area contributed by atoms with Crippen LogP contribution < -0.4 is 10.2 Å². The van der Waals surface area contributed by atoms with Crippen molar-refractivity contribution in [3.63, 3.8) is 0 Å². The molecule has 0 bridgehead atoms. The van der Waals surface area contributed by atoms with E-state index in [1.807, 2.05) is 78.6 Å². The van der Waals surface area contributed by atoms with E-state index in [4.69, 9.17) is 11.6 Å². The number of carbonyl (C=O) groups is 2. The van der Waals surface area contributed by atoms with Crippen molar-refractivity contribution < 1.29 is 9.59 Å². The van der Waals surface area contributed by atoms with Gasteiger partial charge in [0.05, 0.1) is 5.75 Å². The molecule has 1 fully saturated rings. The second-order valence-corrected chi connectivity index (χ2v) is 9.04. The fraction of sp³-hybridized carbons (Fsp3) is 0.200. The second kappa shape index (κ2) is 9.16. The van der Waals surface area contributed by atoms with Gasteiger partial charge in [-0.05, 0) is 54.3 Å². The first-order valence-corrected chi connectivity index (χ1v) is 11.5. The van der Waals surface area contributed by atoms with Crippen LogP contribution in [0.25, 0.3) is 0 Å². The Morgan fingerprint density at radius 1 is 1.03 bits per heavy atom. The Bertz CT molecular complexity index is 1100. The van der Waals surface area contributed by atoms with Gasteiger partial charge in [-0.3, -0.25) is 14.5 Å². The van der Waals surface area contributed by atoms with Gasteiger partial charge in [0.2, 0.25) is 11.8 Å². The molecule has 3 aromatic rings. The number of hydrogen-bond acceptors (Lipinski definition) is 3. The molecule has 1 heterocycles. The van der Waals surface area contributed by atoms with Crippen molar-refractivity contribution in [3.8, 4) is 0 Å². The highest BCUT2D eigenvalue weighted by Gasteiger charge is 2.35. The third-order valence-electron chi connectivity index (χ3n) is 5.49. The predicted octanol–water partition coefficient (Wildman–Crippen LogP) is 6.00. The predicted molar refractivity (Wildman–Crippen MR) is 129 cm³/mol. The van der Waals surface area contributed by atoms with E-state index < -0.39 is 5.38 Å². The minimum Gasteiger partial charge on any atom is -0.325 e. The van der Waals surface area contributed by atoms with Gasteiger partial charge in [0.15, 0.2) is 0 Å². The largest absolute Gasteiger partial charge is 0.325 e. The number of carbonyl (C=O) groups excluding carboxylic acids is 2. The summed E-state index contributed by atoms with van der Waals surface area (Å²) in [6.07, 6.45) is 0. The van der Waals surface area contributed by atoms with Crippen LogP contribution in [-0.2, 0) is 9.59 Å². The molecular formula is C25H23ClN2O2S. The second-order valence-electron chi connectivity index (χ2n) is 7.53. The number of nitrogens with one attached hydrogen (secondary N) is 1. The summed E-state index contributed by atoms with van der Waals surface area (Å²) in [5.41, 5.74) is 5.66. The summed E-state index contributed by atoms with van der Waals surface area (Å²) in [6.45, 7) is 4.10. The summed E-state index contributed by atoms with van der Waals surface area (Å²) >= 11 is 7.92. The number of nitrogens with zero attached hydrogens (tertiary/aromatic N) is 1. The van der Waals surface area contributed by atoms with Gasteiger partial charge in [-0.15, -0.1) is 23.4 Å². The molecular weight excluding hydrogens is 428 g/mol. The summed E-state index contributed by atoms with van der Waals surface area (Å²) in [6, 6.07) is 22.9. The molecule has 31 heavy (non-hydrogen) atoms. The lowest BCUT2D eigenvalue weighted by atomic mass is 10.1. The Hall–Kier alpha value is -2.76. The first-order chi connectivity index (χ1) is 15.0. The van der Waals surface area contributed by atoms with E-state index in [-0.39, 0.29) is 17.2 Å². The van der Waals surface area contributed by atoms with E-state index in [0.717, 1.165) is 27.9 Å². The van der Waals surface area contributed by atoms with E-state index >= 15 is 0 Å².